The van der Waals surface area contributed by atoms with E-state index in [0.717, 1.165) is 99.2 Å². The van der Waals surface area contributed by atoms with E-state index in [-0.39, 0.29) is 34.4 Å². The Hall–Kier alpha value is -6.73. The lowest BCUT2D eigenvalue weighted by Crippen LogP contribution is -2.68. The molecule has 17 nitrogen and oxygen atoms in total. The highest BCUT2D eigenvalue weighted by Gasteiger charge is 2.55. The number of anilines is 2. The van der Waals surface area contributed by atoms with Gasteiger partial charge >= 0.3 is 0 Å². The number of nitro groups is 1. The molecule has 1 spiro atoms. The molecule has 5 heterocycles. The van der Waals surface area contributed by atoms with Crippen LogP contribution in [0.3, 0.4) is 0 Å². The van der Waals surface area contributed by atoms with Crippen LogP contribution in [0.15, 0.2) is 108 Å². The molecule has 388 valence electrons. The summed E-state index contributed by atoms with van der Waals surface area (Å²) in [5, 5.41) is 26.5. The molecule has 5 aliphatic rings. The molecule has 1 atom stereocenters. The predicted molar refractivity (Wildman–Crippen MR) is 282 cm³/mol. The average molecular weight is 1030 g/mol. The Balaban J connectivity index is 0.790. The number of aromatic nitrogens is 2. The molecule has 0 radical (unpaired) electrons. The molecular formula is C56H64N8O9S. The standard InChI is InChI=1S/C56H64N8O9S/c1-36(2)44-8-4-5-9-45(44)49-33-61(32-39-7-6-10-50-52(39)72-24-23-71-50)21-22-63(49)41-28-56(29-41)34-62(35-56)40-11-13-46(51(26-40)73-42-25-38-17-20-57-53(38)59-31-42)54(65)60-74(69,70)43-12-14-47(48(27-43)64(67)68)58-30-37-15-18-55(3,66)19-16-37/h4-14,17,20,25-27,31,36-37,41,49,58,66H,15-16,18-19,21-24,28-30,32-35H2,1-3H3,(H,57,59)(H,60,65)/t37?,49-,55?/m0/s1. The number of para-hydroxylation sites is 1. The van der Waals surface area contributed by atoms with Crippen LogP contribution in [-0.4, -0.2) is 108 Å². The highest BCUT2D eigenvalue weighted by Crippen LogP contribution is 2.54. The Morgan fingerprint density at radius 3 is 2.58 bits per heavy atom. The van der Waals surface area contributed by atoms with Crippen molar-refractivity contribution in [2.75, 3.05) is 62.7 Å². The van der Waals surface area contributed by atoms with E-state index in [1.165, 1.54) is 29.5 Å². The normalized spacial score (nSPS) is 22.0. The fourth-order valence-corrected chi connectivity index (χ4v) is 13.0. The Bertz CT molecular complexity index is 3190. The van der Waals surface area contributed by atoms with Gasteiger partial charge in [-0.3, -0.25) is 24.7 Å². The summed E-state index contributed by atoms with van der Waals surface area (Å²) in [7, 11) is -4.59. The zero-order valence-corrected chi connectivity index (χ0v) is 42.9. The number of nitrogens with zero attached hydrogens (tertiary/aromatic N) is 5. The molecule has 18 heteroatoms. The van der Waals surface area contributed by atoms with Gasteiger partial charge in [-0.15, -0.1) is 0 Å². The van der Waals surface area contributed by atoms with Gasteiger partial charge in [-0.2, -0.15) is 0 Å². The smallest absolute Gasteiger partial charge is 0.293 e. The fraction of sp³-hybridized carbons (Fsp3) is 0.429. The SMILES string of the molecule is CC(C)c1ccccc1[C@@H]1CN(Cc2cccc3c2OCCO3)CCN1C1CC2(C1)CN(c1ccc(C(=O)NS(=O)(=O)c3ccc(NCC4CCC(C)(O)CC4)c([N+](=O)[O-])c3)c(Oc3cnc4[nH]ccc4c3)c1)C2. The van der Waals surface area contributed by atoms with Gasteiger partial charge in [-0.05, 0) is 111 Å². The number of rotatable bonds is 15. The number of hydrogen-bond donors (Lipinski definition) is 4. The second-order valence-electron chi connectivity index (χ2n) is 21.7. The molecule has 2 aromatic heterocycles. The number of hydrogen-bond acceptors (Lipinski definition) is 14. The summed E-state index contributed by atoms with van der Waals surface area (Å²) >= 11 is 0. The van der Waals surface area contributed by atoms with Gasteiger partial charge in [-0.1, -0.05) is 50.2 Å². The monoisotopic (exact) mass is 1020 g/mol. The molecular weight excluding hydrogens is 961 g/mol. The number of nitro benzene ring substituents is 1. The van der Waals surface area contributed by atoms with Crippen LogP contribution in [0, 0.1) is 21.4 Å². The molecule has 0 bridgehead atoms. The maximum Gasteiger partial charge on any atom is 0.293 e. The lowest BCUT2D eigenvalue weighted by molar-refractivity contribution is -0.384. The van der Waals surface area contributed by atoms with E-state index in [2.05, 4.69) is 85.0 Å². The summed E-state index contributed by atoms with van der Waals surface area (Å²) in [5.74, 6) is 1.79. The highest BCUT2D eigenvalue weighted by atomic mass is 32.2. The number of ether oxygens (including phenoxy) is 3. The largest absolute Gasteiger partial charge is 0.486 e. The number of carbonyl (C=O) groups is 1. The molecule has 74 heavy (non-hydrogen) atoms. The van der Waals surface area contributed by atoms with Crippen molar-refractivity contribution in [2.24, 2.45) is 11.3 Å². The second kappa shape index (κ2) is 19.8. The molecule has 4 N–H and O–H groups in total. The Morgan fingerprint density at radius 2 is 1.78 bits per heavy atom. The Kier molecular flexibility index (Phi) is 13.3. The number of sulfonamides is 1. The van der Waals surface area contributed by atoms with Gasteiger partial charge < -0.3 is 34.5 Å². The van der Waals surface area contributed by atoms with Gasteiger partial charge in [0.25, 0.3) is 21.6 Å². The Labute approximate surface area is 431 Å². The third-order valence-corrected chi connectivity index (χ3v) is 17.4. The van der Waals surface area contributed by atoms with Crippen LogP contribution in [0.4, 0.5) is 17.1 Å². The van der Waals surface area contributed by atoms with Crippen LogP contribution >= 0.6 is 0 Å². The maximum atomic E-state index is 14.1. The third kappa shape index (κ3) is 10.1. The van der Waals surface area contributed by atoms with Gasteiger partial charge in [0, 0.05) is 98.3 Å². The van der Waals surface area contributed by atoms with Crippen LogP contribution in [-0.2, 0) is 16.6 Å². The first-order chi connectivity index (χ1) is 35.6. The predicted octanol–water partition coefficient (Wildman–Crippen LogP) is 9.16. The van der Waals surface area contributed by atoms with Crippen molar-refractivity contribution < 1.29 is 37.5 Å². The van der Waals surface area contributed by atoms with Crippen molar-refractivity contribution >= 4 is 44.0 Å². The molecule has 4 fully saturated rings. The van der Waals surface area contributed by atoms with Crippen LogP contribution in [0.5, 0.6) is 23.0 Å². The van der Waals surface area contributed by atoms with E-state index < -0.39 is 37.0 Å². The van der Waals surface area contributed by atoms with Crippen molar-refractivity contribution in [3.63, 3.8) is 0 Å². The average Bonchev–Trinajstić information content (AvgIpc) is 3.85. The first kappa shape index (κ1) is 49.5. The summed E-state index contributed by atoms with van der Waals surface area (Å²) in [6, 6.07) is 28.1. The van der Waals surface area contributed by atoms with Crippen LogP contribution in [0.1, 0.15) is 98.3 Å². The van der Waals surface area contributed by atoms with E-state index in [9.17, 15) is 28.4 Å². The number of benzene rings is 4. The molecule has 4 aromatic carbocycles. The van der Waals surface area contributed by atoms with Gasteiger partial charge in [0.2, 0.25) is 0 Å². The van der Waals surface area contributed by atoms with Gasteiger partial charge in [0.1, 0.15) is 36.0 Å². The lowest BCUT2D eigenvalue weighted by atomic mass is 9.59. The van der Waals surface area contributed by atoms with Crippen molar-refractivity contribution in [1.82, 2.24) is 24.5 Å². The minimum Gasteiger partial charge on any atom is -0.486 e. The van der Waals surface area contributed by atoms with Crippen molar-refractivity contribution in [2.45, 2.75) is 94.3 Å². The molecule has 0 unspecified atom stereocenters. The maximum absolute atomic E-state index is 14.1. The van der Waals surface area contributed by atoms with E-state index in [1.54, 1.807) is 24.4 Å². The number of piperazine rings is 1. The minimum atomic E-state index is -4.59. The van der Waals surface area contributed by atoms with Crippen molar-refractivity contribution in [3.05, 3.63) is 136 Å². The van der Waals surface area contributed by atoms with Crippen molar-refractivity contribution in [1.29, 1.82) is 0 Å². The third-order valence-electron chi connectivity index (χ3n) is 16.0. The summed E-state index contributed by atoms with van der Waals surface area (Å²) in [4.78, 5) is 40.4. The number of aromatic amines is 1. The van der Waals surface area contributed by atoms with E-state index in [1.807, 2.05) is 25.1 Å². The highest BCUT2D eigenvalue weighted by molar-refractivity contribution is 7.90. The zero-order valence-electron chi connectivity index (χ0n) is 42.1. The number of fused-ring (bicyclic) bond motifs is 2. The number of pyridine rings is 1. The summed E-state index contributed by atoms with van der Waals surface area (Å²) < 4.78 is 48.3. The second-order valence-corrected chi connectivity index (χ2v) is 23.4. The topological polar surface area (TPSA) is 205 Å². The van der Waals surface area contributed by atoms with Crippen molar-refractivity contribution in [3.8, 4) is 23.0 Å². The van der Waals surface area contributed by atoms with E-state index >= 15 is 0 Å². The van der Waals surface area contributed by atoms with Crippen LogP contribution in [0.25, 0.3) is 11.0 Å². The number of aliphatic hydroxyl groups is 1. The molecule has 2 saturated carbocycles. The lowest BCUT2D eigenvalue weighted by Gasteiger charge is -2.63. The molecule has 2 aliphatic carbocycles. The molecule has 2 saturated heterocycles. The first-order valence-electron chi connectivity index (χ1n) is 25.9. The fourth-order valence-electron chi connectivity index (χ4n) is 12.0. The number of H-pyrrole nitrogens is 1. The number of nitrogens with one attached hydrogen (secondary N) is 3. The van der Waals surface area contributed by atoms with Crippen LogP contribution < -0.4 is 29.1 Å². The van der Waals surface area contributed by atoms with Gasteiger partial charge in [0.15, 0.2) is 11.5 Å². The molecule has 6 aromatic rings. The first-order valence-corrected chi connectivity index (χ1v) is 27.3. The van der Waals surface area contributed by atoms with Gasteiger partial charge in [-0.25, -0.2) is 18.1 Å². The molecule has 11 rings (SSSR count). The minimum absolute atomic E-state index is 0.0375. The van der Waals surface area contributed by atoms with E-state index in [4.69, 9.17) is 14.2 Å². The van der Waals surface area contributed by atoms with E-state index in [0.29, 0.717) is 56.0 Å². The summed E-state index contributed by atoms with van der Waals surface area (Å²) in [6.07, 6.45) is 8.20. The van der Waals surface area contributed by atoms with Crippen LogP contribution in [0.2, 0.25) is 0 Å². The Morgan fingerprint density at radius 1 is 0.986 bits per heavy atom. The molecule has 3 aliphatic heterocycles. The summed E-state index contributed by atoms with van der Waals surface area (Å²) in [6.45, 7) is 13.1. The zero-order chi connectivity index (χ0) is 51.4. The number of amides is 1. The quantitative estimate of drug-likeness (QED) is 0.0560. The summed E-state index contributed by atoms with van der Waals surface area (Å²) in [5.41, 5.74) is 4.53. The van der Waals surface area contributed by atoms with Gasteiger partial charge in [0.05, 0.1) is 27.2 Å². The molecule has 1 amide bonds. The number of carbonyl (C=O) groups excluding carboxylic acids is 1.